The highest BCUT2D eigenvalue weighted by Crippen LogP contribution is 2.26. The Hall–Kier alpha value is -3.23. The number of nitrogens with zero attached hydrogens (tertiary/aromatic N) is 6. The highest BCUT2D eigenvalue weighted by atomic mass is 16.6. The van der Waals surface area contributed by atoms with E-state index in [-0.39, 0.29) is 18.2 Å². The average molecular weight is 457 g/mol. The second kappa shape index (κ2) is 11.6. The van der Waals surface area contributed by atoms with Gasteiger partial charge in [-0.15, -0.1) is 0 Å². The van der Waals surface area contributed by atoms with Crippen molar-refractivity contribution in [1.29, 1.82) is 5.26 Å². The Morgan fingerprint density at radius 2 is 2.06 bits per heavy atom. The first-order valence-electron chi connectivity index (χ1n) is 11.2. The highest BCUT2D eigenvalue weighted by Gasteiger charge is 2.23. The van der Waals surface area contributed by atoms with Crippen LogP contribution in [0.15, 0.2) is 18.6 Å². The number of ether oxygens (including phenoxy) is 1. The van der Waals surface area contributed by atoms with Crippen molar-refractivity contribution in [3.05, 3.63) is 24.2 Å². The van der Waals surface area contributed by atoms with Crippen molar-refractivity contribution in [3.8, 4) is 17.3 Å². The maximum Gasteiger partial charge on any atom is 0.407 e. The van der Waals surface area contributed by atoms with E-state index in [0.717, 1.165) is 50.8 Å². The maximum atomic E-state index is 10.8. The number of hydrogen-bond donors (Lipinski definition) is 3. The molecule has 178 valence electrons. The third-order valence-corrected chi connectivity index (χ3v) is 5.94. The van der Waals surface area contributed by atoms with Gasteiger partial charge in [-0.3, -0.25) is 4.68 Å². The summed E-state index contributed by atoms with van der Waals surface area (Å²) in [5.41, 5.74) is 7.38. The van der Waals surface area contributed by atoms with E-state index in [9.17, 15) is 9.90 Å². The van der Waals surface area contributed by atoms with Gasteiger partial charge in [0.2, 0.25) is 5.95 Å². The van der Waals surface area contributed by atoms with Crippen molar-refractivity contribution in [2.75, 3.05) is 32.9 Å². The van der Waals surface area contributed by atoms with Gasteiger partial charge in [-0.1, -0.05) is 0 Å². The van der Waals surface area contributed by atoms with Crippen LogP contribution in [0.5, 0.6) is 0 Å². The molecule has 0 radical (unpaired) electrons. The molecule has 0 spiro atoms. The van der Waals surface area contributed by atoms with E-state index >= 15 is 0 Å². The number of anilines is 1. The van der Waals surface area contributed by atoms with Crippen LogP contribution in [0.25, 0.3) is 11.3 Å². The summed E-state index contributed by atoms with van der Waals surface area (Å²) in [5, 5.41) is 25.2. The van der Waals surface area contributed by atoms with Crippen molar-refractivity contribution in [2.24, 2.45) is 0 Å². The molecule has 0 aromatic carbocycles. The lowest BCUT2D eigenvalue weighted by Gasteiger charge is -2.28. The van der Waals surface area contributed by atoms with Crippen LogP contribution >= 0.6 is 0 Å². The van der Waals surface area contributed by atoms with E-state index in [0.29, 0.717) is 23.7 Å². The number of alkyl carbamates (subject to hydrolysis) is 1. The number of nitrogen functional groups attached to an aromatic ring is 1. The smallest absolute Gasteiger partial charge is 0.407 e. The van der Waals surface area contributed by atoms with Crippen LogP contribution < -0.4 is 11.1 Å². The zero-order valence-electron chi connectivity index (χ0n) is 19.1. The molecule has 4 rings (SSSR count). The lowest BCUT2D eigenvalue weighted by molar-refractivity contribution is 0.0237. The molecule has 1 amide bonds. The van der Waals surface area contributed by atoms with Gasteiger partial charge < -0.3 is 25.8 Å². The van der Waals surface area contributed by atoms with Gasteiger partial charge in [0.15, 0.2) is 0 Å². The number of rotatable bonds is 3. The minimum Gasteiger partial charge on any atom is -0.446 e. The van der Waals surface area contributed by atoms with Crippen molar-refractivity contribution < 1.29 is 14.6 Å². The van der Waals surface area contributed by atoms with Crippen molar-refractivity contribution >= 4 is 12.0 Å². The molecule has 1 aliphatic heterocycles. The molecule has 2 aromatic heterocycles. The summed E-state index contributed by atoms with van der Waals surface area (Å²) in [6.07, 6.45) is 9.68. The monoisotopic (exact) mass is 456 g/mol. The molecular formula is C22H32N8O3. The number of amides is 1. The second-order valence-electron chi connectivity index (χ2n) is 8.44. The molecule has 2 atom stereocenters. The standard InChI is InChI=1S/C14H17N7.C8H15NO3/c1-20-4-2-12(3-5-20)21-9-11(8-18-21)13-10(6-15)7-17-14(16)19-13;1-9-8(11)12-7-4-2-3-6(10)5-7/h7-9,12H,2-5H2,1H3,(H2,16,17,19);6-7,10H,2-5H2,1H3,(H,9,11). The molecule has 0 bridgehead atoms. The van der Waals surface area contributed by atoms with Gasteiger partial charge in [-0.25, -0.2) is 14.8 Å². The third kappa shape index (κ3) is 6.87. The maximum absolute atomic E-state index is 10.8. The van der Waals surface area contributed by atoms with Gasteiger partial charge in [0.05, 0.1) is 35.8 Å². The molecule has 33 heavy (non-hydrogen) atoms. The minimum atomic E-state index is -0.408. The van der Waals surface area contributed by atoms with Gasteiger partial charge in [0, 0.05) is 25.2 Å². The van der Waals surface area contributed by atoms with Gasteiger partial charge in [0.25, 0.3) is 0 Å². The number of likely N-dealkylation sites (tertiary alicyclic amines) is 1. The Morgan fingerprint density at radius 1 is 1.30 bits per heavy atom. The van der Waals surface area contributed by atoms with Crippen molar-refractivity contribution in [1.82, 2.24) is 30.0 Å². The topological polar surface area (TPSA) is 155 Å². The van der Waals surface area contributed by atoms with Gasteiger partial charge >= 0.3 is 6.09 Å². The van der Waals surface area contributed by atoms with Crippen LogP contribution in [-0.2, 0) is 4.74 Å². The van der Waals surface area contributed by atoms with Crippen molar-refractivity contribution in [3.63, 3.8) is 0 Å². The number of carbonyl (C=O) groups is 1. The Balaban J connectivity index is 0.000000218. The van der Waals surface area contributed by atoms with Gasteiger partial charge in [-0.05, 0) is 52.2 Å². The number of piperidine rings is 1. The van der Waals surface area contributed by atoms with E-state index in [1.165, 1.54) is 13.2 Å². The van der Waals surface area contributed by atoms with E-state index in [1.54, 1.807) is 6.20 Å². The summed E-state index contributed by atoms with van der Waals surface area (Å²) in [6.45, 7) is 2.15. The number of nitrogens with one attached hydrogen (secondary N) is 1. The van der Waals surface area contributed by atoms with E-state index in [2.05, 4.69) is 38.4 Å². The summed E-state index contributed by atoms with van der Waals surface area (Å²) in [7, 11) is 3.66. The lowest BCUT2D eigenvalue weighted by atomic mass is 9.95. The Kier molecular flexibility index (Phi) is 8.57. The SMILES string of the molecule is CN1CCC(n2cc(-c3nc(N)ncc3C#N)cn2)CC1.CNC(=O)OC1CCCC(O)C1. The molecule has 2 unspecified atom stereocenters. The quantitative estimate of drug-likeness (QED) is 0.626. The first-order valence-corrected chi connectivity index (χ1v) is 11.2. The molecule has 2 fully saturated rings. The largest absolute Gasteiger partial charge is 0.446 e. The van der Waals surface area contributed by atoms with Gasteiger partial charge in [0.1, 0.15) is 12.2 Å². The first-order chi connectivity index (χ1) is 15.9. The summed E-state index contributed by atoms with van der Waals surface area (Å²) in [6, 6.07) is 2.49. The number of nitrogens with two attached hydrogens (primary N) is 1. The summed E-state index contributed by atoms with van der Waals surface area (Å²) in [4.78, 5) is 21.1. The molecule has 4 N–H and O–H groups in total. The predicted octanol–water partition coefficient (Wildman–Crippen LogP) is 1.71. The Bertz CT molecular complexity index is 965. The van der Waals surface area contributed by atoms with E-state index in [1.807, 2.05) is 10.9 Å². The van der Waals surface area contributed by atoms with E-state index in [4.69, 9.17) is 15.7 Å². The number of carbonyl (C=O) groups excluding carboxylic acids is 1. The Labute approximate surface area is 193 Å². The molecule has 3 heterocycles. The van der Waals surface area contributed by atoms with Crippen LogP contribution in [0, 0.1) is 11.3 Å². The number of hydrogen-bond acceptors (Lipinski definition) is 9. The highest BCUT2D eigenvalue weighted by molar-refractivity contribution is 5.67. The van der Waals surface area contributed by atoms with Crippen LogP contribution in [0.3, 0.4) is 0 Å². The molecule has 1 saturated heterocycles. The zero-order valence-corrected chi connectivity index (χ0v) is 19.1. The summed E-state index contributed by atoms with van der Waals surface area (Å²) >= 11 is 0. The van der Waals surface area contributed by atoms with Crippen molar-refractivity contribution in [2.45, 2.75) is 56.8 Å². The normalized spacial score (nSPS) is 21.4. The fourth-order valence-corrected chi connectivity index (χ4v) is 4.05. The Morgan fingerprint density at radius 3 is 2.73 bits per heavy atom. The fourth-order valence-electron chi connectivity index (χ4n) is 4.05. The predicted molar refractivity (Wildman–Crippen MR) is 122 cm³/mol. The molecule has 2 aliphatic rings. The van der Waals surface area contributed by atoms with E-state index < -0.39 is 6.09 Å². The second-order valence-corrected chi connectivity index (χ2v) is 8.44. The number of aliphatic hydroxyl groups excluding tert-OH is 1. The fraction of sp³-hybridized carbons (Fsp3) is 0.591. The molecule has 11 nitrogen and oxygen atoms in total. The zero-order chi connectivity index (χ0) is 23.8. The lowest BCUT2D eigenvalue weighted by Crippen LogP contribution is -2.31. The summed E-state index contributed by atoms with van der Waals surface area (Å²) in [5.74, 6) is 0.163. The van der Waals surface area contributed by atoms with Crippen LogP contribution in [0.1, 0.15) is 50.1 Å². The van der Waals surface area contributed by atoms with Gasteiger partial charge in [-0.2, -0.15) is 10.4 Å². The number of aromatic nitrogens is 4. The molecular weight excluding hydrogens is 424 g/mol. The molecule has 1 saturated carbocycles. The van der Waals surface area contributed by atoms with Crippen LogP contribution in [-0.4, -0.2) is 75.2 Å². The molecule has 11 heteroatoms. The van der Waals surface area contributed by atoms with Crippen LogP contribution in [0.4, 0.5) is 10.7 Å². The molecule has 1 aliphatic carbocycles. The minimum absolute atomic E-state index is 0.103. The molecule has 2 aromatic rings. The first kappa shape index (κ1) is 24.4. The summed E-state index contributed by atoms with van der Waals surface area (Å²) < 4.78 is 6.97. The average Bonchev–Trinajstić information content (AvgIpc) is 3.30. The van der Waals surface area contributed by atoms with Crippen LogP contribution in [0.2, 0.25) is 0 Å². The number of nitriles is 1. The number of aliphatic hydroxyl groups is 1. The third-order valence-electron chi connectivity index (χ3n) is 5.94.